The number of amides is 1. The molecule has 0 saturated carbocycles. The van der Waals surface area contributed by atoms with Gasteiger partial charge in [-0.1, -0.05) is 41.0 Å². The molecule has 25 heavy (non-hydrogen) atoms. The highest BCUT2D eigenvalue weighted by Gasteiger charge is 2.22. The van der Waals surface area contributed by atoms with Crippen molar-refractivity contribution in [3.05, 3.63) is 33.5 Å². The number of rotatable bonds is 8. The number of primary amides is 1. The summed E-state index contributed by atoms with van der Waals surface area (Å²) < 4.78 is 20.5. The number of nitrogens with two attached hydrogens (primary N) is 1. The Morgan fingerprint density at radius 2 is 2.20 bits per heavy atom. The number of hydrogen-bond acceptors (Lipinski definition) is 6. The number of benzene rings is 1. The van der Waals surface area contributed by atoms with Crippen molar-refractivity contribution in [2.24, 2.45) is 5.73 Å². The van der Waals surface area contributed by atoms with Gasteiger partial charge in [0.2, 0.25) is 5.91 Å². The molecule has 1 aromatic carbocycles. The minimum atomic E-state index is -0.564. The van der Waals surface area contributed by atoms with Gasteiger partial charge in [0.25, 0.3) is 5.19 Å². The molecule has 2 rings (SSSR count). The number of nitrogens with one attached hydrogen (secondary N) is 1. The maximum absolute atomic E-state index is 15.0. The van der Waals surface area contributed by atoms with Gasteiger partial charge in [-0.2, -0.15) is 0 Å². The lowest BCUT2D eigenvalue weighted by molar-refractivity contribution is -0.118. The van der Waals surface area contributed by atoms with E-state index < -0.39 is 11.7 Å². The number of carbonyl (C=O) groups is 1. The molecule has 0 aliphatic carbocycles. The highest BCUT2D eigenvalue weighted by molar-refractivity contribution is 7.13. The minimum Gasteiger partial charge on any atom is -0.425 e. The van der Waals surface area contributed by atoms with Gasteiger partial charge < -0.3 is 15.8 Å². The van der Waals surface area contributed by atoms with Crippen LogP contribution in [0.2, 0.25) is 5.02 Å². The Labute approximate surface area is 154 Å². The predicted molar refractivity (Wildman–Crippen MR) is 95.6 cm³/mol. The standard InChI is InChI=1S/C16H20ClFN4O2S/c1-4-12(20-8(2)7-13(19)23)10-5-6-11(17)15(14(10)18)24-16-22-21-9(3)25-16/h5-6,8,12,20H,4,7H2,1-3H3,(H2,19,23)/t8-,12-/m1/s1. The van der Waals surface area contributed by atoms with Crippen molar-refractivity contribution in [1.29, 1.82) is 0 Å². The zero-order valence-electron chi connectivity index (χ0n) is 14.2. The molecule has 2 aromatic rings. The molecule has 0 bridgehead atoms. The first-order valence-electron chi connectivity index (χ1n) is 7.82. The summed E-state index contributed by atoms with van der Waals surface area (Å²) in [6.45, 7) is 5.51. The molecule has 1 aromatic heterocycles. The molecule has 0 unspecified atom stereocenters. The highest BCUT2D eigenvalue weighted by Crippen LogP contribution is 2.37. The smallest absolute Gasteiger partial charge is 0.299 e. The highest BCUT2D eigenvalue weighted by atomic mass is 35.5. The summed E-state index contributed by atoms with van der Waals surface area (Å²) in [7, 11) is 0. The van der Waals surface area contributed by atoms with Crippen LogP contribution in [0.15, 0.2) is 12.1 Å². The molecule has 1 amide bonds. The normalized spacial score (nSPS) is 13.5. The van der Waals surface area contributed by atoms with Crippen molar-refractivity contribution in [2.45, 2.75) is 45.7 Å². The second-order valence-electron chi connectivity index (χ2n) is 5.67. The third kappa shape index (κ3) is 5.10. The number of aryl methyl sites for hydroxylation is 1. The van der Waals surface area contributed by atoms with Crippen LogP contribution in [0, 0.1) is 12.7 Å². The van der Waals surface area contributed by atoms with Crippen molar-refractivity contribution < 1.29 is 13.9 Å². The van der Waals surface area contributed by atoms with Gasteiger partial charge in [-0.05, 0) is 26.3 Å². The summed E-state index contributed by atoms with van der Waals surface area (Å²) in [5.74, 6) is -1.06. The van der Waals surface area contributed by atoms with Crippen LogP contribution < -0.4 is 15.8 Å². The van der Waals surface area contributed by atoms with Crippen LogP contribution in [0.3, 0.4) is 0 Å². The molecule has 0 saturated heterocycles. The van der Waals surface area contributed by atoms with Gasteiger partial charge in [-0.15, -0.1) is 5.10 Å². The molecule has 136 valence electrons. The number of ether oxygens (including phenoxy) is 1. The van der Waals surface area contributed by atoms with Gasteiger partial charge in [0, 0.05) is 24.1 Å². The Balaban J connectivity index is 2.27. The average Bonchev–Trinajstić information content (AvgIpc) is 2.94. The average molecular weight is 387 g/mol. The topological polar surface area (TPSA) is 90.1 Å². The van der Waals surface area contributed by atoms with Crippen molar-refractivity contribution in [2.75, 3.05) is 0 Å². The summed E-state index contributed by atoms with van der Waals surface area (Å²) in [4.78, 5) is 11.0. The number of hydrogen-bond donors (Lipinski definition) is 2. The zero-order valence-corrected chi connectivity index (χ0v) is 15.7. The maximum Gasteiger partial charge on any atom is 0.299 e. The van der Waals surface area contributed by atoms with E-state index in [-0.39, 0.29) is 34.5 Å². The van der Waals surface area contributed by atoms with Crippen LogP contribution in [0.5, 0.6) is 10.9 Å². The molecule has 0 radical (unpaired) electrons. The zero-order chi connectivity index (χ0) is 18.6. The van der Waals surface area contributed by atoms with Crippen LogP contribution in [0.4, 0.5) is 4.39 Å². The van der Waals surface area contributed by atoms with Crippen LogP contribution in [0.1, 0.15) is 43.3 Å². The van der Waals surface area contributed by atoms with Gasteiger partial charge in [0.15, 0.2) is 11.6 Å². The second kappa shape index (κ2) is 8.55. The van der Waals surface area contributed by atoms with E-state index in [9.17, 15) is 9.18 Å². The van der Waals surface area contributed by atoms with E-state index in [0.29, 0.717) is 17.0 Å². The summed E-state index contributed by atoms with van der Waals surface area (Å²) in [5.41, 5.74) is 5.61. The van der Waals surface area contributed by atoms with Gasteiger partial charge in [0.05, 0.1) is 5.02 Å². The van der Waals surface area contributed by atoms with Crippen molar-refractivity contribution >= 4 is 28.8 Å². The number of aromatic nitrogens is 2. The largest absolute Gasteiger partial charge is 0.425 e. The summed E-state index contributed by atoms with van der Waals surface area (Å²) in [5, 5.41) is 11.9. The first-order valence-corrected chi connectivity index (χ1v) is 9.01. The molecule has 2 atom stereocenters. The van der Waals surface area contributed by atoms with E-state index in [1.807, 2.05) is 13.8 Å². The van der Waals surface area contributed by atoms with Crippen LogP contribution >= 0.6 is 22.9 Å². The molecule has 0 aliphatic heterocycles. The molecule has 0 fully saturated rings. The first-order chi connectivity index (χ1) is 11.8. The molecule has 0 aliphatic rings. The van der Waals surface area contributed by atoms with Gasteiger partial charge in [0.1, 0.15) is 5.01 Å². The lowest BCUT2D eigenvalue weighted by atomic mass is 10.0. The van der Waals surface area contributed by atoms with Crippen molar-refractivity contribution in [3.63, 3.8) is 0 Å². The van der Waals surface area contributed by atoms with Crippen molar-refractivity contribution in [3.8, 4) is 10.9 Å². The Bertz CT molecular complexity index is 756. The number of carbonyl (C=O) groups excluding carboxylic acids is 1. The Morgan fingerprint density at radius 1 is 1.48 bits per heavy atom. The van der Waals surface area contributed by atoms with E-state index in [2.05, 4.69) is 15.5 Å². The van der Waals surface area contributed by atoms with E-state index in [1.54, 1.807) is 19.1 Å². The van der Waals surface area contributed by atoms with Crippen LogP contribution in [0.25, 0.3) is 0 Å². The predicted octanol–water partition coefficient (Wildman–Crippen LogP) is 3.74. The lowest BCUT2D eigenvalue weighted by Crippen LogP contribution is -2.34. The third-order valence-electron chi connectivity index (χ3n) is 3.55. The van der Waals surface area contributed by atoms with Gasteiger partial charge in [-0.25, -0.2) is 4.39 Å². The number of halogens is 2. The minimum absolute atomic E-state index is 0.0851. The Kier molecular flexibility index (Phi) is 6.69. The maximum atomic E-state index is 15.0. The Hall–Kier alpha value is -1.77. The van der Waals surface area contributed by atoms with Crippen LogP contribution in [-0.2, 0) is 4.79 Å². The molecular weight excluding hydrogens is 367 g/mol. The van der Waals surface area contributed by atoms with Crippen molar-refractivity contribution in [1.82, 2.24) is 15.5 Å². The third-order valence-corrected chi connectivity index (χ3v) is 4.57. The van der Waals surface area contributed by atoms with Gasteiger partial charge in [-0.3, -0.25) is 4.79 Å². The van der Waals surface area contributed by atoms with E-state index in [1.165, 1.54) is 11.3 Å². The Morgan fingerprint density at radius 3 is 2.76 bits per heavy atom. The van der Waals surface area contributed by atoms with E-state index >= 15 is 0 Å². The monoisotopic (exact) mass is 386 g/mol. The fourth-order valence-electron chi connectivity index (χ4n) is 2.45. The van der Waals surface area contributed by atoms with Gasteiger partial charge >= 0.3 is 0 Å². The summed E-state index contributed by atoms with van der Waals surface area (Å²) >= 11 is 7.29. The van der Waals surface area contributed by atoms with E-state index in [4.69, 9.17) is 22.1 Å². The lowest BCUT2D eigenvalue weighted by Gasteiger charge is -2.23. The molecule has 9 heteroatoms. The van der Waals surface area contributed by atoms with E-state index in [0.717, 1.165) is 0 Å². The fraction of sp³-hybridized carbons (Fsp3) is 0.438. The molecule has 1 heterocycles. The first kappa shape index (κ1) is 19.6. The van der Waals surface area contributed by atoms with Crippen LogP contribution in [-0.4, -0.2) is 22.1 Å². The fourth-order valence-corrected chi connectivity index (χ4v) is 3.17. The number of nitrogens with zero attached hydrogens (tertiary/aromatic N) is 2. The molecule has 6 nitrogen and oxygen atoms in total. The molecular formula is C16H20ClFN4O2S. The molecule has 3 N–H and O–H groups in total. The summed E-state index contributed by atoms with van der Waals surface area (Å²) in [6, 6.07) is 2.68. The molecule has 0 spiro atoms. The SMILES string of the molecule is CC[C@@H](N[C@H](C)CC(N)=O)c1ccc(Cl)c(Oc2nnc(C)s2)c1F. The quantitative estimate of drug-likeness (QED) is 0.721. The summed E-state index contributed by atoms with van der Waals surface area (Å²) in [6.07, 6.45) is 0.776. The second-order valence-corrected chi connectivity index (χ2v) is 7.22.